The van der Waals surface area contributed by atoms with Crippen molar-refractivity contribution in [3.8, 4) is 0 Å². The molecule has 0 aliphatic rings. The number of methoxy groups -OCH3 is 1. The molecule has 0 fully saturated rings. The minimum Gasteiger partial charge on any atom is -0.468 e. The van der Waals surface area contributed by atoms with Crippen LogP contribution in [0.25, 0.3) is 10.9 Å². The van der Waals surface area contributed by atoms with Crippen molar-refractivity contribution in [2.24, 2.45) is 0 Å². The van der Waals surface area contributed by atoms with Gasteiger partial charge >= 0.3 is 5.97 Å². The third-order valence-corrected chi connectivity index (χ3v) is 5.42. The molecule has 1 aromatic heterocycles. The Morgan fingerprint density at radius 2 is 1.82 bits per heavy atom. The van der Waals surface area contributed by atoms with Crippen LogP contribution >= 0.6 is 11.8 Å². The Bertz CT molecular complexity index is 1090. The summed E-state index contributed by atoms with van der Waals surface area (Å²) in [6.07, 6.45) is 0. The molecule has 3 rings (SSSR count). The van der Waals surface area contributed by atoms with Gasteiger partial charge in [-0.3, -0.25) is 19.0 Å². The number of hydrogen-bond donors (Lipinski definition) is 0. The number of carbonyl (C=O) groups is 2. The zero-order valence-electron chi connectivity index (χ0n) is 15.8. The number of para-hydroxylation sites is 1. The van der Waals surface area contributed by atoms with Crippen LogP contribution in [0, 0.1) is 6.92 Å². The first-order valence-corrected chi connectivity index (χ1v) is 9.62. The maximum Gasteiger partial charge on any atom is 0.325 e. The third-order valence-electron chi connectivity index (χ3n) is 4.33. The second-order valence-electron chi connectivity index (χ2n) is 6.37. The van der Waals surface area contributed by atoms with E-state index in [1.807, 2.05) is 19.1 Å². The van der Waals surface area contributed by atoms with Crippen molar-refractivity contribution in [1.82, 2.24) is 9.55 Å². The van der Waals surface area contributed by atoms with Gasteiger partial charge in [0.15, 0.2) is 10.9 Å². The lowest BCUT2D eigenvalue weighted by Crippen LogP contribution is -2.28. The summed E-state index contributed by atoms with van der Waals surface area (Å²) in [6.45, 7) is 3.45. The summed E-state index contributed by atoms with van der Waals surface area (Å²) in [5, 5.41) is 0.231. The monoisotopic (exact) mass is 396 g/mol. The van der Waals surface area contributed by atoms with Crippen molar-refractivity contribution < 1.29 is 14.3 Å². The van der Waals surface area contributed by atoms with Gasteiger partial charge in [-0.1, -0.05) is 53.7 Å². The number of aryl methyl sites for hydroxylation is 1. The molecular weight excluding hydrogens is 376 g/mol. The molecule has 0 saturated carbocycles. The normalized spacial score (nSPS) is 12.0. The van der Waals surface area contributed by atoms with Gasteiger partial charge in [0.05, 0.1) is 23.3 Å². The molecule has 1 atom stereocenters. The van der Waals surface area contributed by atoms with Crippen molar-refractivity contribution in [1.29, 1.82) is 0 Å². The summed E-state index contributed by atoms with van der Waals surface area (Å²) < 4.78 is 5.97. The molecule has 0 bridgehead atoms. The number of aromatic nitrogens is 2. The number of esters is 1. The molecule has 3 aromatic rings. The summed E-state index contributed by atoms with van der Waals surface area (Å²) in [6, 6.07) is 14.2. The number of benzene rings is 2. The van der Waals surface area contributed by atoms with E-state index < -0.39 is 11.2 Å². The van der Waals surface area contributed by atoms with Gasteiger partial charge in [0.1, 0.15) is 6.54 Å². The maximum atomic E-state index is 12.9. The van der Waals surface area contributed by atoms with Gasteiger partial charge in [0.25, 0.3) is 5.56 Å². The molecule has 7 heteroatoms. The SMILES string of the molecule is COC(=O)Cn1c(S[C@@H](C)C(=O)c2ccc(C)cc2)nc2ccccc2c1=O. The van der Waals surface area contributed by atoms with Crippen molar-refractivity contribution in [2.75, 3.05) is 7.11 Å². The Morgan fingerprint density at radius 3 is 2.50 bits per heavy atom. The van der Waals surface area contributed by atoms with Crippen molar-refractivity contribution in [3.63, 3.8) is 0 Å². The fraction of sp³-hybridized carbons (Fsp3) is 0.238. The van der Waals surface area contributed by atoms with Crippen LogP contribution in [0.4, 0.5) is 0 Å². The van der Waals surface area contributed by atoms with Gasteiger partial charge in [-0.15, -0.1) is 0 Å². The molecule has 0 saturated heterocycles. The number of rotatable bonds is 6. The zero-order valence-corrected chi connectivity index (χ0v) is 16.7. The van der Waals surface area contributed by atoms with Crippen LogP contribution in [-0.2, 0) is 16.1 Å². The molecule has 28 heavy (non-hydrogen) atoms. The van der Waals surface area contributed by atoms with Crippen LogP contribution in [0.2, 0.25) is 0 Å². The average Bonchev–Trinajstić information content (AvgIpc) is 2.70. The summed E-state index contributed by atoms with van der Waals surface area (Å²) >= 11 is 1.15. The van der Waals surface area contributed by atoms with Crippen LogP contribution in [0.15, 0.2) is 58.5 Å². The highest BCUT2D eigenvalue weighted by molar-refractivity contribution is 8.00. The first-order chi connectivity index (χ1) is 13.4. The maximum absolute atomic E-state index is 12.9. The van der Waals surface area contributed by atoms with E-state index in [0.29, 0.717) is 21.6 Å². The molecule has 1 heterocycles. The molecule has 6 nitrogen and oxygen atoms in total. The Morgan fingerprint density at radius 1 is 1.14 bits per heavy atom. The Kier molecular flexibility index (Phi) is 5.94. The van der Waals surface area contributed by atoms with Gasteiger partial charge in [0.2, 0.25) is 0 Å². The Balaban J connectivity index is 1.99. The zero-order chi connectivity index (χ0) is 20.3. The first-order valence-electron chi connectivity index (χ1n) is 8.74. The lowest BCUT2D eigenvalue weighted by Gasteiger charge is -2.15. The lowest BCUT2D eigenvalue weighted by atomic mass is 10.1. The Hall–Kier alpha value is -2.93. The smallest absolute Gasteiger partial charge is 0.325 e. The highest BCUT2D eigenvalue weighted by Crippen LogP contribution is 2.25. The number of carbonyl (C=O) groups excluding carboxylic acids is 2. The van der Waals surface area contributed by atoms with E-state index in [0.717, 1.165) is 17.3 Å². The molecule has 0 aliphatic carbocycles. The molecule has 2 aromatic carbocycles. The molecular formula is C21H20N2O4S. The van der Waals surface area contributed by atoms with Gasteiger partial charge in [-0.2, -0.15) is 0 Å². The average molecular weight is 396 g/mol. The fourth-order valence-corrected chi connectivity index (χ4v) is 3.72. The minimum atomic E-state index is -0.557. The van der Waals surface area contributed by atoms with Gasteiger partial charge in [0, 0.05) is 5.56 Å². The standard InChI is InChI=1S/C21H20N2O4S/c1-13-8-10-15(11-9-13)19(25)14(2)28-21-22-17-7-5-4-6-16(17)20(26)23(21)12-18(24)27-3/h4-11,14H,12H2,1-3H3/t14-/m0/s1. The van der Waals surface area contributed by atoms with Crippen molar-refractivity contribution in [3.05, 3.63) is 70.0 Å². The molecule has 0 spiro atoms. The predicted molar refractivity (Wildman–Crippen MR) is 109 cm³/mol. The quantitative estimate of drug-likeness (QED) is 0.275. The predicted octanol–water partition coefficient (Wildman–Crippen LogP) is 3.24. The van der Waals surface area contributed by atoms with E-state index in [4.69, 9.17) is 4.74 Å². The number of fused-ring (bicyclic) bond motifs is 1. The molecule has 0 radical (unpaired) electrons. The second-order valence-corrected chi connectivity index (χ2v) is 7.68. The van der Waals surface area contributed by atoms with E-state index in [9.17, 15) is 14.4 Å². The van der Waals surface area contributed by atoms with Gasteiger partial charge in [-0.05, 0) is 26.0 Å². The molecule has 0 amide bonds. The fourth-order valence-electron chi connectivity index (χ4n) is 2.73. The third kappa shape index (κ3) is 4.14. The van der Waals surface area contributed by atoms with E-state index >= 15 is 0 Å². The number of hydrogen-bond acceptors (Lipinski definition) is 6. The molecule has 0 unspecified atom stereocenters. The molecule has 0 N–H and O–H groups in total. The topological polar surface area (TPSA) is 78.3 Å². The van der Waals surface area contributed by atoms with E-state index in [1.165, 1.54) is 11.7 Å². The van der Waals surface area contributed by atoms with E-state index in [-0.39, 0.29) is 17.9 Å². The number of ether oxygens (including phenoxy) is 1. The second kappa shape index (κ2) is 8.39. The summed E-state index contributed by atoms with van der Waals surface area (Å²) in [5.41, 5.74) is 1.84. The molecule has 0 aliphatic heterocycles. The number of ketones is 1. The summed E-state index contributed by atoms with van der Waals surface area (Å²) in [5.74, 6) is -0.629. The number of Topliss-reactive ketones (excluding diaryl/α,β-unsaturated/α-hetero) is 1. The summed E-state index contributed by atoms with van der Waals surface area (Å²) in [4.78, 5) is 42.0. The van der Waals surface area contributed by atoms with Crippen LogP contribution in [0.5, 0.6) is 0 Å². The van der Waals surface area contributed by atoms with Crippen LogP contribution in [-0.4, -0.2) is 33.7 Å². The van der Waals surface area contributed by atoms with Crippen molar-refractivity contribution >= 4 is 34.4 Å². The van der Waals surface area contributed by atoms with E-state index in [1.54, 1.807) is 43.3 Å². The highest BCUT2D eigenvalue weighted by Gasteiger charge is 2.21. The Labute approximate surface area is 166 Å². The number of thioether (sulfide) groups is 1. The summed E-state index contributed by atoms with van der Waals surface area (Å²) in [7, 11) is 1.26. The molecule has 144 valence electrons. The van der Waals surface area contributed by atoms with Crippen LogP contribution in [0.3, 0.4) is 0 Å². The lowest BCUT2D eigenvalue weighted by molar-refractivity contribution is -0.141. The van der Waals surface area contributed by atoms with Crippen molar-refractivity contribution in [2.45, 2.75) is 30.8 Å². The van der Waals surface area contributed by atoms with Crippen LogP contribution < -0.4 is 5.56 Å². The van der Waals surface area contributed by atoms with E-state index in [2.05, 4.69) is 4.98 Å². The largest absolute Gasteiger partial charge is 0.468 e. The van der Waals surface area contributed by atoms with Gasteiger partial charge in [-0.25, -0.2) is 4.98 Å². The first kappa shape index (κ1) is 19.8. The van der Waals surface area contributed by atoms with Crippen LogP contribution in [0.1, 0.15) is 22.8 Å². The highest BCUT2D eigenvalue weighted by atomic mass is 32.2. The number of nitrogens with zero attached hydrogens (tertiary/aromatic N) is 2. The van der Waals surface area contributed by atoms with Gasteiger partial charge < -0.3 is 4.74 Å². The minimum absolute atomic E-state index is 0.0722.